The molecule has 0 radical (unpaired) electrons. The third kappa shape index (κ3) is 1.91. The smallest absolute Gasteiger partial charge is 0.242 e. The average molecular weight is 260 g/mol. The molecule has 4 nitrogen and oxygen atoms in total. The van der Waals surface area contributed by atoms with Crippen molar-refractivity contribution in [2.24, 2.45) is 0 Å². The van der Waals surface area contributed by atoms with Gasteiger partial charge in [0.15, 0.2) is 0 Å². The first kappa shape index (κ1) is 11.0. The van der Waals surface area contributed by atoms with Gasteiger partial charge in [-0.3, -0.25) is 9.38 Å². The van der Waals surface area contributed by atoms with E-state index in [4.69, 9.17) is 16.3 Å². The zero-order chi connectivity index (χ0) is 12.4. The number of pyridine rings is 2. The fraction of sp³-hybridized carbons (Fsp3) is 0.0769. The predicted molar refractivity (Wildman–Crippen MR) is 69.1 cm³/mol. The first-order chi connectivity index (χ1) is 8.88. The van der Waals surface area contributed by atoms with Crippen LogP contribution in [0.25, 0.3) is 5.65 Å². The van der Waals surface area contributed by atoms with Gasteiger partial charge in [-0.1, -0.05) is 6.07 Å². The van der Waals surface area contributed by atoms with Crippen LogP contribution in [-0.2, 0) is 5.88 Å². The molecule has 3 heterocycles. The summed E-state index contributed by atoms with van der Waals surface area (Å²) in [5, 5.41) is 0. The van der Waals surface area contributed by atoms with Crippen molar-refractivity contribution in [3.8, 4) is 11.6 Å². The molecule has 0 saturated heterocycles. The largest absolute Gasteiger partial charge is 0.436 e. The highest BCUT2D eigenvalue weighted by atomic mass is 35.5. The molecule has 0 aliphatic carbocycles. The van der Waals surface area contributed by atoms with Crippen molar-refractivity contribution in [1.82, 2.24) is 14.4 Å². The lowest BCUT2D eigenvalue weighted by Crippen LogP contribution is -1.92. The highest BCUT2D eigenvalue weighted by Gasteiger charge is 2.12. The second-order valence-corrected chi connectivity index (χ2v) is 3.98. The molecular formula is C13H10ClN3O. The van der Waals surface area contributed by atoms with Crippen molar-refractivity contribution in [3.63, 3.8) is 0 Å². The van der Waals surface area contributed by atoms with Gasteiger partial charge < -0.3 is 4.74 Å². The van der Waals surface area contributed by atoms with Gasteiger partial charge in [0.25, 0.3) is 0 Å². The third-order valence-electron chi connectivity index (χ3n) is 2.57. The molecule has 0 N–H and O–H groups in total. The zero-order valence-electron chi connectivity index (χ0n) is 9.45. The van der Waals surface area contributed by atoms with Crippen molar-refractivity contribution in [2.45, 2.75) is 5.88 Å². The standard InChI is InChI=1S/C13H10ClN3O/c14-8-11-13(18-10-4-3-6-15-9-10)16-12-5-1-2-7-17(11)12/h1-7,9H,8H2. The number of hydrogen-bond donors (Lipinski definition) is 0. The fourth-order valence-corrected chi connectivity index (χ4v) is 1.99. The topological polar surface area (TPSA) is 39.4 Å². The van der Waals surface area contributed by atoms with Gasteiger partial charge in [-0.15, -0.1) is 11.6 Å². The first-order valence-electron chi connectivity index (χ1n) is 5.48. The molecule has 0 aliphatic heterocycles. The number of fused-ring (bicyclic) bond motifs is 1. The molecule has 0 aliphatic rings. The van der Waals surface area contributed by atoms with E-state index in [0.717, 1.165) is 11.3 Å². The number of hydrogen-bond acceptors (Lipinski definition) is 3. The molecule has 0 aromatic carbocycles. The molecule has 0 unspecified atom stereocenters. The number of rotatable bonds is 3. The van der Waals surface area contributed by atoms with E-state index in [1.807, 2.05) is 40.9 Å². The van der Waals surface area contributed by atoms with Crippen LogP contribution in [0.3, 0.4) is 0 Å². The van der Waals surface area contributed by atoms with Gasteiger partial charge >= 0.3 is 0 Å². The molecular weight excluding hydrogens is 250 g/mol. The van der Waals surface area contributed by atoms with Crippen LogP contribution in [0.4, 0.5) is 0 Å². The minimum absolute atomic E-state index is 0.334. The SMILES string of the molecule is ClCc1c(Oc2cccnc2)nc2ccccn12. The van der Waals surface area contributed by atoms with Crippen LogP contribution >= 0.6 is 11.6 Å². The maximum absolute atomic E-state index is 5.96. The highest BCUT2D eigenvalue weighted by molar-refractivity contribution is 6.17. The summed E-state index contributed by atoms with van der Waals surface area (Å²) in [6, 6.07) is 9.40. The van der Waals surface area contributed by atoms with Crippen LogP contribution in [0.1, 0.15) is 5.69 Å². The number of imidazole rings is 1. The number of halogens is 1. The van der Waals surface area contributed by atoms with Crippen LogP contribution in [0, 0.1) is 0 Å². The van der Waals surface area contributed by atoms with Crippen LogP contribution in [0.2, 0.25) is 0 Å². The van der Waals surface area contributed by atoms with Gasteiger partial charge in [0, 0.05) is 12.4 Å². The predicted octanol–water partition coefficient (Wildman–Crippen LogP) is 3.26. The van der Waals surface area contributed by atoms with Gasteiger partial charge in [0.2, 0.25) is 5.88 Å². The first-order valence-corrected chi connectivity index (χ1v) is 6.02. The van der Waals surface area contributed by atoms with Crippen LogP contribution in [-0.4, -0.2) is 14.4 Å². The second-order valence-electron chi connectivity index (χ2n) is 3.72. The summed E-state index contributed by atoms with van der Waals surface area (Å²) >= 11 is 5.96. The number of alkyl halides is 1. The van der Waals surface area contributed by atoms with E-state index in [2.05, 4.69) is 9.97 Å². The molecule has 3 aromatic rings. The normalized spacial score (nSPS) is 10.7. The van der Waals surface area contributed by atoms with E-state index >= 15 is 0 Å². The maximum Gasteiger partial charge on any atom is 0.242 e. The van der Waals surface area contributed by atoms with E-state index in [9.17, 15) is 0 Å². The molecule has 18 heavy (non-hydrogen) atoms. The summed E-state index contributed by atoms with van der Waals surface area (Å²) in [6.45, 7) is 0. The van der Waals surface area contributed by atoms with E-state index in [1.54, 1.807) is 12.4 Å². The number of nitrogens with zero attached hydrogens (tertiary/aromatic N) is 3. The van der Waals surface area contributed by atoms with Crippen molar-refractivity contribution < 1.29 is 4.74 Å². The van der Waals surface area contributed by atoms with Gasteiger partial charge in [-0.2, -0.15) is 4.98 Å². The Balaban J connectivity index is 2.06. The van der Waals surface area contributed by atoms with Crippen molar-refractivity contribution in [2.75, 3.05) is 0 Å². The molecule has 3 rings (SSSR count). The molecule has 0 atom stereocenters. The summed E-state index contributed by atoms with van der Waals surface area (Å²) in [5.41, 5.74) is 1.64. The Morgan fingerprint density at radius 2 is 2.17 bits per heavy atom. The Kier molecular flexibility index (Phi) is 2.86. The summed E-state index contributed by atoms with van der Waals surface area (Å²) in [4.78, 5) is 8.40. The Morgan fingerprint density at radius 3 is 2.94 bits per heavy atom. The summed E-state index contributed by atoms with van der Waals surface area (Å²) < 4.78 is 7.62. The Hall–Kier alpha value is -2.07. The summed E-state index contributed by atoms with van der Waals surface area (Å²) in [5.74, 6) is 1.50. The number of aromatic nitrogens is 3. The lowest BCUT2D eigenvalue weighted by atomic mass is 10.4. The molecule has 0 spiro atoms. The summed E-state index contributed by atoms with van der Waals surface area (Å²) in [6.07, 6.45) is 5.25. The average Bonchev–Trinajstić information content (AvgIpc) is 2.77. The third-order valence-corrected chi connectivity index (χ3v) is 2.82. The quantitative estimate of drug-likeness (QED) is 0.678. The van der Waals surface area contributed by atoms with Gasteiger partial charge in [0.05, 0.1) is 12.1 Å². The fourth-order valence-electron chi connectivity index (χ4n) is 1.75. The minimum atomic E-state index is 0.334. The molecule has 5 heteroatoms. The Bertz CT molecular complexity index is 666. The second kappa shape index (κ2) is 4.66. The van der Waals surface area contributed by atoms with E-state index in [1.165, 1.54) is 0 Å². The molecule has 0 bridgehead atoms. The summed E-state index contributed by atoms with van der Waals surface area (Å²) in [7, 11) is 0. The molecule has 0 saturated carbocycles. The molecule has 90 valence electrons. The monoisotopic (exact) mass is 259 g/mol. The lowest BCUT2D eigenvalue weighted by molar-refractivity contribution is 0.459. The maximum atomic E-state index is 5.96. The van der Waals surface area contributed by atoms with Crippen LogP contribution in [0.15, 0.2) is 48.9 Å². The van der Waals surface area contributed by atoms with E-state index in [0.29, 0.717) is 17.5 Å². The molecule has 0 fully saturated rings. The Labute approximate surface area is 109 Å². The zero-order valence-corrected chi connectivity index (χ0v) is 10.2. The van der Waals surface area contributed by atoms with Gasteiger partial charge in [-0.25, -0.2) is 0 Å². The molecule has 0 amide bonds. The number of ether oxygens (including phenoxy) is 1. The van der Waals surface area contributed by atoms with Crippen molar-refractivity contribution >= 4 is 17.2 Å². The molecule has 3 aromatic heterocycles. The minimum Gasteiger partial charge on any atom is -0.436 e. The van der Waals surface area contributed by atoms with Gasteiger partial charge in [-0.05, 0) is 24.3 Å². The van der Waals surface area contributed by atoms with E-state index < -0.39 is 0 Å². The highest BCUT2D eigenvalue weighted by Crippen LogP contribution is 2.26. The van der Waals surface area contributed by atoms with Crippen LogP contribution < -0.4 is 4.74 Å². The van der Waals surface area contributed by atoms with E-state index in [-0.39, 0.29) is 0 Å². The van der Waals surface area contributed by atoms with Crippen molar-refractivity contribution in [3.05, 3.63) is 54.6 Å². The lowest BCUT2D eigenvalue weighted by Gasteiger charge is -2.03. The van der Waals surface area contributed by atoms with Crippen LogP contribution in [0.5, 0.6) is 11.6 Å². The van der Waals surface area contributed by atoms with Crippen molar-refractivity contribution in [1.29, 1.82) is 0 Å². The van der Waals surface area contributed by atoms with Gasteiger partial charge in [0.1, 0.15) is 17.1 Å². The Morgan fingerprint density at radius 1 is 1.22 bits per heavy atom.